The second kappa shape index (κ2) is 7.52. The van der Waals surface area contributed by atoms with Crippen molar-refractivity contribution in [2.24, 2.45) is 0 Å². The molecule has 1 amide bonds. The van der Waals surface area contributed by atoms with Crippen molar-refractivity contribution in [3.63, 3.8) is 0 Å². The summed E-state index contributed by atoms with van der Waals surface area (Å²) in [5.74, 6) is -0.225. The third-order valence-electron chi connectivity index (χ3n) is 3.36. The first-order valence-corrected chi connectivity index (χ1v) is 7.22. The zero-order chi connectivity index (χ0) is 15.9. The van der Waals surface area contributed by atoms with Gasteiger partial charge in [-0.25, -0.2) is 0 Å². The van der Waals surface area contributed by atoms with Crippen molar-refractivity contribution in [1.29, 1.82) is 0 Å². The van der Waals surface area contributed by atoms with Gasteiger partial charge in [-0.1, -0.05) is 36.4 Å². The number of ketones is 1. The van der Waals surface area contributed by atoms with Crippen LogP contribution in [-0.4, -0.2) is 18.7 Å². The smallest absolute Gasteiger partial charge is 0.251 e. The largest absolute Gasteiger partial charge is 0.348 e. The summed E-state index contributed by atoms with van der Waals surface area (Å²) in [6.07, 6.45) is 0. The quantitative estimate of drug-likeness (QED) is 0.805. The summed E-state index contributed by atoms with van der Waals surface area (Å²) in [5.41, 5.74) is 3.26. The lowest BCUT2D eigenvalue weighted by Gasteiger charge is -2.08. The molecule has 2 rings (SSSR count). The lowest BCUT2D eigenvalue weighted by molar-refractivity contribution is 0.0951. The Bertz CT molecular complexity index is 680. The van der Waals surface area contributed by atoms with E-state index in [1.807, 2.05) is 25.2 Å². The zero-order valence-electron chi connectivity index (χ0n) is 12.8. The number of benzene rings is 2. The molecule has 0 spiro atoms. The van der Waals surface area contributed by atoms with Crippen molar-refractivity contribution < 1.29 is 9.59 Å². The van der Waals surface area contributed by atoms with Crippen LogP contribution >= 0.6 is 0 Å². The lowest BCUT2D eigenvalue weighted by atomic mass is 10.1. The van der Waals surface area contributed by atoms with Gasteiger partial charge in [0.25, 0.3) is 5.91 Å². The maximum absolute atomic E-state index is 12.2. The van der Waals surface area contributed by atoms with Crippen LogP contribution in [0.25, 0.3) is 0 Å². The molecular formula is C18H20N2O2. The highest BCUT2D eigenvalue weighted by Gasteiger charge is 2.08. The first-order valence-electron chi connectivity index (χ1n) is 7.22. The van der Waals surface area contributed by atoms with Crippen LogP contribution in [0.1, 0.15) is 38.8 Å². The summed E-state index contributed by atoms with van der Waals surface area (Å²) in [6.45, 7) is 2.74. The van der Waals surface area contributed by atoms with E-state index in [4.69, 9.17) is 0 Å². The van der Waals surface area contributed by atoms with Crippen LogP contribution in [0.2, 0.25) is 0 Å². The standard InChI is InChI=1S/C18H20N2O2/c1-13(21)16-7-4-8-17(10-16)18(22)20-12-15-6-3-5-14(9-15)11-19-2/h3-10,19H,11-12H2,1-2H3,(H,20,22). The van der Waals surface area contributed by atoms with Crippen LogP contribution in [0.3, 0.4) is 0 Å². The van der Waals surface area contributed by atoms with Crippen molar-refractivity contribution in [3.8, 4) is 0 Å². The number of hydrogen-bond acceptors (Lipinski definition) is 3. The molecule has 0 saturated carbocycles. The Morgan fingerprint density at radius 1 is 0.909 bits per heavy atom. The zero-order valence-corrected chi connectivity index (χ0v) is 12.8. The number of hydrogen-bond donors (Lipinski definition) is 2. The van der Waals surface area contributed by atoms with E-state index in [0.29, 0.717) is 17.7 Å². The highest BCUT2D eigenvalue weighted by molar-refractivity contribution is 5.99. The van der Waals surface area contributed by atoms with Crippen LogP contribution in [-0.2, 0) is 13.1 Å². The number of carbonyl (C=O) groups is 2. The van der Waals surface area contributed by atoms with Crippen molar-refractivity contribution >= 4 is 11.7 Å². The Hall–Kier alpha value is -2.46. The Morgan fingerprint density at radius 3 is 2.23 bits per heavy atom. The molecule has 22 heavy (non-hydrogen) atoms. The molecule has 0 fully saturated rings. The third-order valence-corrected chi connectivity index (χ3v) is 3.36. The monoisotopic (exact) mass is 296 g/mol. The van der Waals surface area contributed by atoms with Gasteiger partial charge in [0.1, 0.15) is 0 Å². The van der Waals surface area contributed by atoms with Crippen molar-refractivity contribution in [3.05, 3.63) is 70.8 Å². The van der Waals surface area contributed by atoms with Crippen LogP contribution < -0.4 is 10.6 Å². The minimum Gasteiger partial charge on any atom is -0.348 e. The number of carbonyl (C=O) groups excluding carboxylic acids is 2. The fourth-order valence-electron chi connectivity index (χ4n) is 2.22. The minimum absolute atomic E-state index is 0.0468. The predicted molar refractivity (Wildman–Crippen MR) is 86.8 cm³/mol. The Balaban J connectivity index is 2.02. The molecule has 0 aromatic heterocycles. The van der Waals surface area contributed by atoms with Crippen molar-refractivity contribution in [1.82, 2.24) is 10.6 Å². The molecule has 0 bridgehead atoms. The molecule has 2 aromatic carbocycles. The fourth-order valence-corrected chi connectivity index (χ4v) is 2.22. The Labute approximate surface area is 130 Å². The maximum Gasteiger partial charge on any atom is 0.251 e. The molecule has 0 saturated heterocycles. The number of rotatable bonds is 6. The van der Waals surface area contributed by atoms with Gasteiger partial charge in [-0.05, 0) is 37.2 Å². The van der Waals surface area contributed by atoms with E-state index >= 15 is 0 Å². The summed E-state index contributed by atoms with van der Waals surface area (Å²) in [5, 5.41) is 5.98. The van der Waals surface area contributed by atoms with Crippen LogP contribution in [0.5, 0.6) is 0 Å². The number of nitrogens with one attached hydrogen (secondary N) is 2. The summed E-state index contributed by atoms with van der Waals surface area (Å²) in [6, 6.07) is 14.8. The van der Waals surface area contributed by atoms with Gasteiger partial charge in [0.2, 0.25) is 0 Å². The highest BCUT2D eigenvalue weighted by atomic mass is 16.1. The highest BCUT2D eigenvalue weighted by Crippen LogP contribution is 2.08. The van der Waals surface area contributed by atoms with Gasteiger partial charge in [-0.3, -0.25) is 9.59 Å². The van der Waals surface area contributed by atoms with E-state index in [1.54, 1.807) is 24.3 Å². The molecule has 0 aliphatic heterocycles. The van der Waals surface area contributed by atoms with E-state index in [-0.39, 0.29) is 11.7 Å². The average Bonchev–Trinajstić information content (AvgIpc) is 2.53. The Kier molecular flexibility index (Phi) is 5.44. The number of Topliss-reactive ketones (excluding diaryl/α,β-unsaturated/α-hetero) is 1. The van der Waals surface area contributed by atoms with Gasteiger partial charge < -0.3 is 10.6 Å². The van der Waals surface area contributed by atoms with Gasteiger partial charge in [0.15, 0.2) is 5.78 Å². The third kappa shape index (κ3) is 4.27. The second-order valence-electron chi connectivity index (χ2n) is 5.17. The molecule has 0 heterocycles. The van der Waals surface area contributed by atoms with Gasteiger partial charge in [0, 0.05) is 24.2 Å². The molecule has 0 unspecified atom stereocenters. The van der Waals surface area contributed by atoms with Crippen LogP contribution in [0, 0.1) is 0 Å². The molecular weight excluding hydrogens is 276 g/mol. The topological polar surface area (TPSA) is 58.2 Å². The molecule has 0 aliphatic rings. The maximum atomic E-state index is 12.2. The first-order chi connectivity index (χ1) is 10.6. The summed E-state index contributed by atoms with van der Waals surface area (Å²) in [7, 11) is 1.90. The lowest BCUT2D eigenvalue weighted by Crippen LogP contribution is -2.23. The summed E-state index contributed by atoms with van der Waals surface area (Å²) >= 11 is 0. The second-order valence-corrected chi connectivity index (χ2v) is 5.17. The van der Waals surface area contributed by atoms with Gasteiger partial charge in [-0.15, -0.1) is 0 Å². The molecule has 114 valence electrons. The van der Waals surface area contributed by atoms with E-state index in [1.165, 1.54) is 12.5 Å². The molecule has 4 nitrogen and oxygen atoms in total. The van der Waals surface area contributed by atoms with E-state index < -0.39 is 0 Å². The van der Waals surface area contributed by atoms with Crippen LogP contribution in [0.4, 0.5) is 0 Å². The predicted octanol–water partition coefficient (Wildman–Crippen LogP) is 2.54. The normalized spacial score (nSPS) is 10.3. The van der Waals surface area contributed by atoms with Crippen molar-refractivity contribution in [2.75, 3.05) is 7.05 Å². The van der Waals surface area contributed by atoms with E-state index in [2.05, 4.69) is 16.7 Å². The minimum atomic E-state index is -0.179. The van der Waals surface area contributed by atoms with Crippen LogP contribution in [0.15, 0.2) is 48.5 Å². The summed E-state index contributed by atoms with van der Waals surface area (Å²) < 4.78 is 0. The first kappa shape index (κ1) is 15.9. The van der Waals surface area contributed by atoms with E-state index in [0.717, 1.165) is 12.1 Å². The molecule has 0 radical (unpaired) electrons. The number of amides is 1. The fraction of sp³-hybridized carbons (Fsp3) is 0.222. The average molecular weight is 296 g/mol. The molecule has 2 aromatic rings. The van der Waals surface area contributed by atoms with Gasteiger partial charge in [0.05, 0.1) is 0 Å². The van der Waals surface area contributed by atoms with E-state index in [9.17, 15) is 9.59 Å². The summed E-state index contributed by atoms with van der Waals surface area (Å²) in [4.78, 5) is 23.5. The molecule has 2 N–H and O–H groups in total. The molecule has 0 aliphatic carbocycles. The molecule has 0 atom stereocenters. The van der Waals surface area contributed by atoms with Crippen molar-refractivity contribution in [2.45, 2.75) is 20.0 Å². The Morgan fingerprint density at radius 2 is 1.55 bits per heavy atom. The van der Waals surface area contributed by atoms with Gasteiger partial charge in [-0.2, -0.15) is 0 Å². The molecule has 4 heteroatoms. The van der Waals surface area contributed by atoms with Gasteiger partial charge >= 0.3 is 0 Å². The SMILES string of the molecule is CNCc1cccc(CNC(=O)c2cccc(C(C)=O)c2)c1.